The van der Waals surface area contributed by atoms with Crippen molar-refractivity contribution in [2.24, 2.45) is 0 Å². The van der Waals surface area contributed by atoms with Gasteiger partial charge in [-0.1, -0.05) is 30.7 Å². The fraction of sp³-hybridized carbons (Fsp3) is 0.357. The summed E-state index contributed by atoms with van der Waals surface area (Å²) in [5, 5.41) is 2.07. The van der Waals surface area contributed by atoms with Crippen LogP contribution >= 0.6 is 11.3 Å². The molecule has 0 bridgehead atoms. The Labute approximate surface area is 211 Å². The lowest BCUT2D eigenvalue weighted by Crippen LogP contribution is -2.48. The van der Waals surface area contributed by atoms with Gasteiger partial charge < -0.3 is 19.3 Å². The molecule has 184 valence electrons. The molecule has 0 saturated heterocycles. The fourth-order valence-corrected chi connectivity index (χ4v) is 5.32. The fourth-order valence-electron chi connectivity index (χ4n) is 4.40. The first kappa shape index (κ1) is 24.8. The minimum Gasteiger partial charge on any atom is -0.497 e. The minimum atomic E-state index is -0.207. The summed E-state index contributed by atoms with van der Waals surface area (Å²) in [6.07, 6.45) is 1.59. The van der Waals surface area contributed by atoms with Crippen molar-refractivity contribution in [3.63, 3.8) is 0 Å². The average Bonchev–Trinajstić information content (AvgIpc) is 3.36. The van der Waals surface area contributed by atoms with Gasteiger partial charge in [0.15, 0.2) is 0 Å². The van der Waals surface area contributed by atoms with Crippen LogP contribution in [0.5, 0.6) is 11.5 Å². The molecule has 2 heterocycles. The molecule has 0 spiro atoms. The van der Waals surface area contributed by atoms with Crippen molar-refractivity contribution in [1.82, 2.24) is 9.80 Å². The summed E-state index contributed by atoms with van der Waals surface area (Å²) in [4.78, 5) is 31.6. The van der Waals surface area contributed by atoms with E-state index in [-0.39, 0.29) is 24.4 Å². The molecule has 7 heteroatoms. The number of fused-ring (bicyclic) bond motifs is 1. The monoisotopic (exact) mass is 492 g/mol. The molecule has 35 heavy (non-hydrogen) atoms. The molecule has 6 nitrogen and oxygen atoms in total. The molecule has 0 fully saturated rings. The van der Waals surface area contributed by atoms with Crippen molar-refractivity contribution in [2.45, 2.75) is 32.7 Å². The van der Waals surface area contributed by atoms with E-state index in [0.29, 0.717) is 31.0 Å². The number of carbonyl (C=O) groups is 2. The Morgan fingerprint density at radius 1 is 1.11 bits per heavy atom. The highest BCUT2D eigenvalue weighted by Gasteiger charge is 2.33. The molecule has 0 N–H and O–H groups in total. The highest BCUT2D eigenvalue weighted by atomic mass is 32.1. The Morgan fingerprint density at radius 2 is 1.89 bits per heavy atom. The normalized spacial score (nSPS) is 14.8. The Bertz CT molecular complexity index is 1160. The van der Waals surface area contributed by atoms with Gasteiger partial charge in [0.25, 0.3) is 5.91 Å². The number of hydrogen-bond acceptors (Lipinski definition) is 5. The van der Waals surface area contributed by atoms with Gasteiger partial charge in [-0.2, -0.15) is 0 Å². The van der Waals surface area contributed by atoms with Crippen LogP contribution < -0.4 is 9.47 Å². The smallest absolute Gasteiger partial charge is 0.254 e. The molecular formula is C28H32N2O4S. The summed E-state index contributed by atoms with van der Waals surface area (Å²) in [5.74, 6) is 1.24. The maximum atomic E-state index is 13.6. The van der Waals surface area contributed by atoms with Crippen LogP contribution in [0, 0.1) is 6.92 Å². The maximum Gasteiger partial charge on any atom is 0.254 e. The molecule has 1 atom stereocenters. The van der Waals surface area contributed by atoms with Crippen LogP contribution in [-0.4, -0.2) is 55.0 Å². The maximum absolute atomic E-state index is 13.6. The van der Waals surface area contributed by atoms with Crippen molar-refractivity contribution in [3.8, 4) is 11.5 Å². The molecule has 4 rings (SSSR count). The highest BCUT2D eigenvalue weighted by Crippen LogP contribution is 2.34. The highest BCUT2D eigenvalue weighted by molar-refractivity contribution is 7.10. The Morgan fingerprint density at radius 3 is 2.63 bits per heavy atom. The van der Waals surface area contributed by atoms with E-state index >= 15 is 0 Å². The summed E-state index contributed by atoms with van der Waals surface area (Å²) in [5.41, 5.74) is 2.83. The largest absolute Gasteiger partial charge is 0.497 e. The third kappa shape index (κ3) is 5.85. The lowest BCUT2D eigenvalue weighted by Gasteiger charge is -2.37. The van der Waals surface area contributed by atoms with Crippen molar-refractivity contribution in [3.05, 3.63) is 81.5 Å². The quantitative estimate of drug-likeness (QED) is 0.416. The van der Waals surface area contributed by atoms with Crippen molar-refractivity contribution >= 4 is 23.2 Å². The van der Waals surface area contributed by atoms with Crippen LogP contribution in [0.2, 0.25) is 0 Å². The van der Waals surface area contributed by atoms with E-state index in [0.717, 1.165) is 29.7 Å². The Balaban J connectivity index is 1.51. The SMILES string of the molecule is CCCN(CC(=O)N1CCc2sccc2C1COc1cccc(OC)c1)C(=O)c1ccc(C)cc1. The van der Waals surface area contributed by atoms with Gasteiger partial charge in [0.2, 0.25) is 5.91 Å². The first-order chi connectivity index (χ1) is 17.0. The molecule has 0 radical (unpaired) electrons. The predicted molar refractivity (Wildman–Crippen MR) is 138 cm³/mol. The lowest BCUT2D eigenvalue weighted by atomic mass is 10.0. The second-order valence-corrected chi connectivity index (χ2v) is 9.74. The summed E-state index contributed by atoms with van der Waals surface area (Å²) in [7, 11) is 1.62. The number of benzene rings is 2. The van der Waals surface area contributed by atoms with Crippen molar-refractivity contribution in [2.75, 3.05) is 33.4 Å². The van der Waals surface area contributed by atoms with Gasteiger partial charge in [-0.05, 0) is 61.0 Å². The van der Waals surface area contributed by atoms with Gasteiger partial charge in [-0.25, -0.2) is 0 Å². The first-order valence-electron chi connectivity index (χ1n) is 12.0. The van der Waals surface area contributed by atoms with E-state index in [9.17, 15) is 9.59 Å². The number of thiophene rings is 1. The zero-order chi connectivity index (χ0) is 24.8. The molecule has 1 aliphatic heterocycles. The zero-order valence-corrected chi connectivity index (χ0v) is 21.3. The second-order valence-electron chi connectivity index (χ2n) is 8.73. The van der Waals surface area contributed by atoms with Gasteiger partial charge in [0.1, 0.15) is 24.7 Å². The second kappa shape index (κ2) is 11.4. The van der Waals surface area contributed by atoms with Gasteiger partial charge >= 0.3 is 0 Å². The van der Waals surface area contributed by atoms with E-state index < -0.39 is 0 Å². The standard InChI is InChI=1S/C28H32N2O4S/c1-4-14-29(28(32)21-10-8-20(2)9-11-21)18-27(31)30-15-12-26-24(13-16-35-26)25(30)19-34-23-7-5-6-22(17-23)33-3/h5-11,13,16-17,25H,4,12,14-15,18-19H2,1-3H3. The Hall–Kier alpha value is -3.32. The summed E-state index contributed by atoms with van der Waals surface area (Å²) < 4.78 is 11.4. The zero-order valence-electron chi connectivity index (χ0n) is 20.5. The predicted octanol–water partition coefficient (Wildman–Crippen LogP) is 5.12. The number of carbonyl (C=O) groups excluding carboxylic acids is 2. The van der Waals surface area contributed by atoms with Gasteiger partial charge in [-0.3, -0.25) is 9.59 Å². The molecule has 1 unspecified atom stereocenters. The van der Waals surface area contributed by atoms with Crippen LogP contribution in [-0.2, 0) is 11.2 Å². The summed E-state index contributed by atoms with van der Waals surface area (Å²) in [6, 6.07) is 16.9. The molecule has 0 aliphatic carbocycles. The third-order valence-corrected chi connectivity index (χ3v) is 7.27. The van der Waals surface area contributed by atoms with Crippen LogP contribution in [0.3, 0.4) is 0 Å². The Kier molecular flexibility index (Phi) is 8.08. The van der Waals surface area contributed by atoms with Crippen molar-refractivity contribution in [1.29, 1.82) is 0 Å². The number of amides is 2. The summed E-state index contributed by atoms with van der Waals surface area (Å²) >= 11 is 1.72. The van der Waals surface area contributed by atoms with Gasteiger partial charge in [0, 0.05) is 29.6 Å². The van der Waals surface area contributed by atoms with E-state index in [2.05, 4.69) is 11.4 Å². The number of aryl methyl sites for hydroxylation is 1. The topological polar surface area (TPSA) is 59.1 Å². The minimum absolute atomic E-state index is 0.0513. The lowest BCUT2D eigenvalue weighted by molar-refractivity contribution is -0.135. The van der Waals surface area contributed by atoms with Gasteiger partial charge in [0.05, 0.1) is 13.2 Å². The molecule has 2 amide bonds. The van der Waals surface area contributed by atoms with Crippen LogP contribution in [0.4, 0.5) is 0 Å². The van der Waals surface area contributed by atoms with Crippen LogP contribution in [0.15, 0.2) is 60.0 Å². The molecule has 2 aromatic carbocycles. The van der Waals surface area contributed by atoms with Crippen molar-refractivity contribution < 1.29 is 19.1 Å². The molecule has 1 aromatic heterocycles. The molecule has 0 saturated carbocycles. The third-order valence-electron chi connectivity index (χ3n) is 6.27. The number of nitrogens with zero attached hydrogens (tertiary/aromatic N) is 2. The molecule has 3 aromatic rings. The van der Waals surface area contributed by atoms with E-state index in [4.69, 9.17) is 9.47 Å². The number of methoxy groups -OCH3 is 1. The molecule has 1 aliphatic rings. The number of hydrogen-bond donors (Lipinski definition) is 0. The van der Waals surface area contributed by atoms with E-state index in [1.807, 2.05) is 67.3 Å². The number of rotatable bonds is 9. The first-order valence-corrected chi connectivity index (χ1v) is 12.9. The van der Waals surface area contributed by atoms with E-state index in [1.165, 1.54) is 4.88 Å². The number of ether oxygens (including phenoxy) is 2. The molecular weight excluding hydrogens is 460 g/mol. The van der Waals surface area contributed by atoms with Gasteiger partial charge in [-0.15, -0.1) is 11.3 Å². The van der Waals surface area contributed by atoms with E-state index in [1.54, 1.807) is 23.3 Å². The van der Waals surface area contributed by atoms with Crippen LogP contribution in [0.1, 0.15) is 45.7 Å². The summed E-state index contributed by atoms with van der Waals surface area (Å²) in [6.45, 7) is 5.53. The van der Waals surface area contributed by atoms with Crippen LogP contribution in [0.25, 0.3) is 0 Å². The average molecular weight is 493 g/mol.